The molecule has 0 aliphatic carbocycles. The number of hydrogen-bond donors (Lipinski definition) is 3. The maximum atomic E-state index is 9.60. The van der Waals surface area contributed by atoms with E-state index < -0.39 is 6.03 Å². The highest BCUT2D eigenvalue weighted by Gasteiger charge is 1.90. The predicted octanol–water partition coefficient (Wildman–Crippen LogP) is -2.01. The van der Waals surface area contributed by atoms with Crippen LogP contribution in [0.4, 0.5) is 4.79 Å². The molecule has 8 heteroatoms. The van der Waals surface area contributed by atoms with Crippen molar-refractivity contribution in [3.8, 4) is 0 Å². The molecule has 0 fully saturated rings. The van der Waals surface area contributed by atoms with Crippen LogP contribution in [0, 0.1) is 0 Å². The first kappa shape index (κ1) is 10.2. The zero-order valence-electron chi connectivity index (χ0n) is 6.16. The highest BCUT2D eigenvalue weighted by molar-refractivity contribution is 5.70. The lowest BCUT2D eigenvalue weighted by molar-refractivity contribution is 0.210. The lowest BCUT2D eigenvalue weighted by Gasteiger charge is -2.00. The molecule has 66 valence electrons. The van der Waals surface area contributed by atoms with Gasteiger partial charge in [-0.3, -0.25) is 0 Å². The van der Waals surface area contributed by atoms with Crippen molar-refractivity contribution in [1.29, 1.82) is 0 Å². The first-order valence-corrected chi connectivity index (χ1v) is 2.78. The number of nitrogens with two attached hydrogens (primary N) is 3. The Bertz CT molecular complexity index is 185. The van der Waals surface area contributed by atoms with Crippen LogP contribution in [0.1, 0.15) is 0 Å². The second-order valence-corrected chi connectivity index (χ2v) is 1.54. The van der Waals surface area contributed by atoms with Crippen molar-refractivity contribution in [2.24, 2.45) is 17.4 Å². The van der Waals surface area contributed by atoms with Gasteiger partial charge in [0.05, 0.1) is 0 Å². The van der Waals surface area contributed by atoms with E-state index in [9.17, 15) is 4.79 Å². The summed E-state index contributed by atoms with van der Waals surface area (Å²) in [7, 11) is 0. The van der Waals surface area contributed by atoms with Crippen LogP contribution >= 0.6 is 0 Å². The van der Waals surface area contributed by atoms with E-state index in [-0.39, 0.29) is 0 Å². The minimum Gasteiger partial charge on any atom is -0.349 e. The van der Waals surface area contributed by atoms with Crippen LogP contribution < -0.4 is 17.4 Å². The SMILES string of the molecule is NC(=O)N(N)N.c1ncncn1. The van der Waals surface area contributed by atoms with E-state index in [0.717, 1.165) is 0 Å². The number of nitrogens with zero attached hydrogens (tertiary/aromatic N) is 4. The number of carbonyl (C=O) groups is 1. The monoisotopic (exact) mass is 171 g/mol. The molecule has 0 atom stereocenters. The van der Waals surface area contributed by atoms with Crippen LogP contribution in [0.3, 0.4) is 0 Å². The summed E-state index contributed by atoms with van der Waals surface area (Å²) in [4.78, 5) is 20.3. The first-order valence-electron chi connectivity index (χ1n) is 2.78. The lowest BCUT2D eigenvalue weighted by Crippen LogP contribution is -2.46. The Hall–Kier alpha value is -1.80. The summed E-state index contributed by atoms with van der Waals surface area (Å²) in [6.07, 6.45) is 4.31. The topological polar surface area (TPSA) is 137 Å². The predicted molar refractivity (Wildman–Crippen MR) is 39.6 cm³/mol. The molecule has 0 saturated carbocycles. The van der Waals surface area contributed by atoms with Crippen LogP contribution in [-0.4, -0.2) is 26.1 Å². The molecule has 0 bridgehead atoms. The first-order chi connectivity index (χ1) is 5.64. The summed E-state index contributed by atoms with van der Waals surface area (Å²) in [6, 6.07) is -0.852. The highest BCUT2D eigenvalue weighted by Crippen LogP contribution is 1.57. The Morgan fingerprint density at radius 1 is 1.08 bits per heavy atom. The summed E-state index contributed by atoms with van der Waals surface area (Å²) < 4.78 is 0. The van der Waals surface area contributed by atoms with Crippen molar-refractivity contribution >= 4 is 6.03 Å². The molecule has 6 N–H and O–H groups in total. The Morgan fingerprint density at radius 3 is 1.42 bits per heavy atom. The van der Waals surface area contributed by atoms with Gasteiger partial charge in [0.2, 0.25) is 0 Å². The molecule has 1 aromatic rings. The number of hydrogen-bond acceptors (Lipinski definition) is 6. The van der Waals surface area contributed by atoms with Gasteiger partial charge in [0, 0.05) is 0 Å². The van der Waals surface area contributed by atoms with Crippen molar-refractivity contribution in [2.75, 3.05) is 0 Å². The maximum Gasteiger partial charge on any atom is 0.343 e. The second-order valence-electron chi connectivity index (χ2n) is 1.54. The Labute approximate surface area is 68.3 Å². The number of primary amides is 1. The van der Waals surface area contributed by atoms with Gasteiger partial charge in [-0.2, -0.15) is 5.12 Å². The van der Waals surface area contributed by atoms with E-state index in [0.29, 0.717) is 5.12 Å². The van der Waals surface area contributed by atoms with Gasteiger partial charge < -0.3 is 5.73 Å². The number of rotatable bonds is 0. The second kappa shape index (κ2) is 5.95. The largest absolute Gasteiger partial charge is 0.349 e. The molecule has 0 spiro atoms. The minimum absolute atomic E-state index is 0.306. The minimum atomic E-state index is -0.852. The summed E-state index contributed by atoms with van der Waals surface area (Å²) in [6.45, 7) is 0. The number of carbonyl (C=O) groups excluding carboxylic acids is 1. The van der Waals surface area contributed by atoms with E-state index in [4.69, 9.17) is 0 Å². The van der Waals surface area contributed by atoms with Crippen LogP contribution in [0.5, 0.6) is 0 Å². The third kappa shape index (κ3) is 6.32. The summed E-state index contributed by atoms with van der Waals surface area (Å²) in [5, 5.41) is 0.306. The Morgan fingerprint density at radius 2 is 1.33 bits per heavy atom. The molecule has 0 radical (unpaired) electrons. The van der Waals surface area contributed by atoms with E-state index >= 15 is 0 Å². The Balaban J connectivity index is 0.000000202. The maximum absolute atomic E-state index is 9.60. The molecule has 0 aliphatic rings. The Kier molecular flexibility index (Phi) is 5.05. The fourth-order valence-electron chi connectivity index (χ4n) is 0.205. The third-order valence-electron chi connectivity index (χ3n) is 0.654. The zero-order valence-corrected chi connectivity index (χ0v) is 6.16. The quantitative estimate of drug-likeness (QED) is 0.234. The molecule has 0 saturated heterocycles. The number of hydrazine groups is 2. The zero-order chi connectivity index (χ0) is 9.40. The van der Waals surface area contributed by atoms with Gasteiger partial charge >= 0.3 is 6.03 Å². The molecule has 0 aliphatic heterocycles. The van der Waals surface area contributed by atoms with Crippen LogP contribution in [-0.2, 0) is 0 Å². The molecule has 0 unspecified atom stereocenters. The van der Waals surface area contributed by atoms with Gasteiger partial charge in [0.25, 0.3) is 0 Å². The molecular weight excluding hydrogens is 162 g/mol. The standard InChI is InChI=1S/C3H3N3.CH6N4O/c1-4-2-6-3-5-1;2-1(6)5(3)4/h1-3H;3-4H2,(H2,2,6). The van der Waals surface area contributed by atoms with E-state index in [1.54, 1.807) is 0 Å². The van der Waals surface area contributed by atoms with Crippen molar-refractivity contribution in [2.45, 2.75) is 0 Å². The van der Waals surface area contributed by atoms with E-state index in [1.807, 2.05) is 0 Å². The van der Waals surface area contributed by atoms with Crippen LogP contribution in [0.15, 0.2) is 19.0 Å². The number of aromatic nitrogens is 3. The fraction of sp³-hybridized carbons (Fsp3) is 0. The van der Waals surface area contributed by atoms with Gasteiger partial charge in [-0.1, -0.05) is 0 Å². The normalized spacial score (nSPS) is 7.83. The van der Waals surface area contributed by atoms with Crippen molar-refractivity contribution < 1.29 is 4.79 Å². The summed E-state index contributed by atoms with van der Waals surface area (Å²) >= 11 is 0. The summed E-state index contributed by atoms with van der Waals surface area (Å²) in [5.74, 6) is 9.14. The molecule has 0 aromatic carbocycles. The van der Waals surface area contributed by atoms with Gasteiger partial charge in [-0.25, -0.2) is 31.4 Å². The fourth-order valence-corrected chi connectivity index (χ4v) is 0.205. The highest BCUT2D eigenvalue weighted by atomic mass is 16.2. The van der Waals surface area contributed by atoms with Crippen molar-refractivity contribution in [1.82, 2.24) is 20.1 Å². The van der Waals surface area contributed by atoms with Crippen molar-refractivity contribution in [3.05, 3.63) is 19.0 Å². The molecule has 1 rings (SSSR count). The average molecular weight is 171 g/mol. The van der Waals surface area contributed by atoms with E-state index in [1.165, 1.54) is 19.0 Å². The lowest BCUT2D eigenvalue weighted by atomic mass is 11.1. The summed E-state index contributed by atoms with van der Waals surface area (Å²) in [5.41, 5.74) is 4.47. The molecule has 1 heterocycles. The van der Waals surface area contributed by atoms with Crippen molar-refractivity contribution in [3.63, 3.8) is 0 Å². The van der Waals surface area contributed by atoms with Crippen LogP contribution in [0.2, 0.25) is 0 Å². The molecule has 12 heavy (non-hydrogen) atoms. The molecule has 2 amide bonds. The smallest absolute Gasteiger partial charge is 0.343 e. The van der Waals surface area contributed by atoms with Gasteiger partial charge in [0.1, 0.15) is 19.0 Å². The van der Waals surface area contributed by atoms with Gasteiger partial charge in [-0.15, -0.1) is 0 Å². The van der Waals surface area contributed by atoms with E-state index in [2.05, 4.69) is 32.4 Å². The molecule has 1 aromatic heterocycles. The van der Waals surface area contributed by atoms with Crippen LogP contribution in [0.25, 0.3) is 0 Å². The number of urea groups is 1. The average Bonchev–Trinajstić information content (AvgIpc) is 2.08. The molecule has 8 nitrogen and oxygen atoms in total. The van der Waals surface area contributed by atoms with Gasteiger partial charge in [0.15, 0.2) is 0 Å². The number of amides is 2. The third-order valence-corrected chi connectivity index (χ3v) is 0.654. The van der Waals surface area contributed by atoms with Gasteiger partial charge in [-0.05, 0) is 0 Å². The molecular formula is C4H9N7O.